The Bertz CT molecular complexity index is 796. The van der Waals surface area contributed by atoms with Crippen molar-refractivity contribution in [1.29, 1.82) is 0 Å². The van der Waals surface area contributed by atoms with E-state index in [1.807, 2.05) is 0 Å². The van der Waals surface area contributed by atoms with E-state index >= 15 is 0 Å². The molecular formula is C13H16N6O4S. The normalized spacial score (nSPS) is 10.5. The molecule has 2 amide bonds. The van der Waals surface area contributed by atoms with Crippen molar-refractivity contribution in [3.05, 3.63) is 21.8 Å². The first-order chi connectivity index (χ1) is 11.3. The Balaban J connectivity index is 2.29. The second-order valence-electron chi connectivity index (χ2n) is 4.79. The van der Waals surface area contributed by atoms with Crippen LogP contribution in [0.2, 0.25) is 0 Å². The number of ether oxygens (including phenoxy) is 1. The molecule has 3 N–H and O–H groups in total. The highest BCUT2D eigenvalue weighted by atomic mass is 32.1. The lowest BCUT2D eigenvalue weighted by Crippen LogP contribution is -2.18. The van der Waals surface area contributed by atoms with Crippen molar-refractivity contribution in [2.24, 2.45) is 12.8 Å². The van der Waals surface area contributed by atoms with Gasteiger partial charge in [-0.05, 0) is 29.8 Å². The van der Waals surface area contributed by atoms with Gasteiger partial charge in [0.15, 0.2) is 5.82 Å². The maximum atomic E-state index is 12.2. The Morgan fingerprint density at radius 2 is 2.08 bits per heavy atom. The standard InChI is InChI=1S/C13H16N6O4S/c1-4-23-13(22)9-6(2)10(11(14)21)24-12(9)15-8(20)5-7-16-17-18-19(7)3/h4-5H2,1-3H3,(H2,14,21)(H,15,20). The average molecular weight is 352 g/mol. The first-order valence-electron chi connectivity index (χ1n) is 6.96. The van der Waals surface area contributed by atoms with E-state index < -0.39 is 17.8 Å². The fourth-order valence-corrected chi connectivity index (χ4v) is 3.06. The van der Waals surface area contributed by atoms with Crippen molar-refractivity contribution in [1.82, 2.24) is 20.2 Å². The van der Waals surface area contributed by atoms with E-state index in [1.54, 1.807) is 20.9 Å². The van der Waals surface area contributed by atoms with Gasteiger partial charge in [0.2, 0.25) is 5.91 Å². The molecule has 0 radical (unpaired) electrons. The lowest BCUT2D eigenvalue weighted by Gasteiger charge is -2.06. The molecule has 0 saturated heterocycles. The van der Waals surface area contributed by atoms with Gasteiger partial charge in [0, 0.05) is 7.05 Å². The minimum Gasteiger partial charge on any atom is -0.462 e. The molecule has 10 nitrogen and oxygen atoms in total. The summed E-state index contributed by atoms with van der Waals surface area (Å²) in [5, 5.41) is 13.6. The van der Waals surface area contributed by atoms with Crippen LogP contribution in [0.4, 0.5) is 5.00 Å². The summed E-state index contributed by atoms with van der Waals surface area (Å²) in [7, 11) is 1.60. The number of anilines is 1. The number of nitrogens with zero attached hydrogens (tertiary/aromatic N) is 4. The van der Waals surface area contributed by atoms with Crippen LogP contribution in [-0.4, -0.2) is 44.6 Å². The smallest absolute Gasteiger partial charge is 0.341 e. The Morgan fingerprint density at radius 3 is 2.62 bits per heavy atom. The van der Waals surface area contributed by atoms with Crippen LogP contribution >= 0.6 is 11.3 Å². The minimum atomic E-state index is -0.680. The quantitative estimate of drug-likeness (QED) is 0.699. The van der Waals surface area contributed by atoms with Gasteiger partial charge in [-0.25, -0.2) is 9.48 Å². The number of thiophene rings is 1. The second kappa shape index (κ2) is 7.17. The van der Waals surface area contributed by atoms with E-state index in [9.17, 15) is 14.4 Å². The molecule has 0 spiro atoms. The summed E-state index contributed by atoms with van der Waals surface area (Å²) in [6.07, 6.45) is -0.0887. The number of aryl methyl sites for hydroxylation is 1. The van der Waals surface area contributed by atoms with E-state index in [0.29, 0.717) is 11.4 Å². The molecule has 0 unspecified atom stereocenters. The summed E-state index contributed by atoms with van der Waals surface area (Å²) in [5.74, 6) is -1.39. The second-order valence-corrected chi connectivity index (χ2v) is 5.81. The molecule has 0 aliphatic rings. The number of rotatable bonds is 6. The zero-order valence-corrected chi connectivity index (χ0v) is 14.1. The summed E-state index contributed by atoms with van der Waals surface area (Å²) < 4.78 is 6.34. The van der Waals surface area contributed by atoms with Crippen LogP contribution in [-0.2, 0) is 23.0 Å². The van der Waals surface area contributed by atoms with Gasteiger partial charge in [0.1, 0.15) is 5.00 Å². The molecular weight excluding hydrogens is 336 g/mol. The van der Waals surface area contributed by atoms with Crippen LogP contribution in [0, 0.1) is 6.92 Å². The Hall–Kier alpha value is -2.82. The highest BCUT2D eigenvalue weighted by Crippen LogP contribution is 2.33. The number of tetrazole rings is 1. The van der Waals surface area contributed by atoms with Gasteiger partial charge in [-0.1, -0.05) is 0 Å². The Morgan fingerprint density at radius 1 is 1.38 bits per heavy atom. The number of hydrogen-bond donors (Lipinski definition) is 2. The molecule has 2 rings (SSSR count). The fourth-order valence-electron chi connectivity index (χ4n) is 2.00. The summed E-state index contributed by atoms with van der Waals surface area (Å²) in [6.45, 7) is 3.40. The summed E-state index contributed by atoms with van der Waals surface area (Å²) in [5.41, 5.74) is 5.81. The number of amides is 2. The molecule has 0 bridgehead atoms. The molecule has 0 aliphatic carbocycles. The summed E-state index contributed by atoms with van der Waals surface area (Å²) in [6, 6.07) is 0. The van der Waals surface area contributed by atoms with Gasteiger partial charge < -0.3 is 15.8 Å². The molecule has 128 valence electrons. The molecule has 11 heteroatoms. The van der Waals surface area contributed by atoms with Crippen LogP contribution in [0.3, 0.4) is 0 Å². The molecule has 0 atom stereocenters. The SMILES string of the molecule is CCOC(=O)c1c(NC(=O)Cc2nnnn2C)sc(C(N)=O)c1C. The zero-order chi connectivity index (χ0) is 17.9. The third-order valence-corrected chi connectivity index (χ3v) is 4.35. The van der Waals surface area contributed by atoms with E-state index in [1.165, 1.54) is 4.68 Å². The zero-order valence-electron chi connectivity index (χ0n) is 13.3. The predicted molar refractivity (Wildman–Crippen MR) is 84.7 cm³/mol. The number of carbonyl (C=O) groups excluding carboxylic acids is 3. The third-order valence-electron chi connectivity index (χ3n) is 3.13. The Kier molecular flexibility index (Phi) is 5.24. The fraction of sp³-hybridized carbons (Fsp3) is 0.385. The first kappa shape index (κ1) is 17.5. The molecule has 2 aromatic heterocycles. The lowest BCUT2D eigenvalue weighted by atomic mass is 10.1. The maximum absolute atomic E-state index is 12.2. The van der Waals surface area contributed by atoms with Crippen LogP contribution in [0.25, 0.3) is 0 Å². The molecule has 0 aliphatic heterocycles. The number of nitrogens with one attached hydrogen (secondary N) is 1. The van der Waals surface area contributed by atoms with Crippen LogP contribution in [0.1, 0.15) is 38.3 Å². The van der Waals surface area contributed by atoms with E-state index in [-0.39, 0.29) is 28.5 Å². The monoisotopic (exact) mass is 352 g/mol. The van der Waals surface area contributed by atoms with Gasteiger partial charge in [0.25, 0.3) is 5.91 Å². The average Bonchev–Trinajstić information content (AvgIpc) is 3.03. The molecule has 0 fully saturated rings. The van der Waals surface area contributed by atoms with E-state index in [2.05, 4.69) is 20.8 Å². The number of hydrogen-bond acceptors (Lipinski definition) is 8. The number of aromatic nitrogens is 4. The van der Waals surface area contributed by atoms with Crippen molar-refractivity contribution in [3.63, 3.8) is 0 Å². The van der Waals surface area contributed by atoms with Gasteiger partial charge >= 0.3 is 5.97 Å². The van der Waals surface area contributed by atoms with Crippen LogP contribution in [0.15, 0.2) is 0 Å². The van der Waals surface area contributed by atoms with Crippen molar-refractivity contribution >= 4 is 34.1 Å². The largest absolute Gasteiger partial charge is 0.462 e. The predicted octanol–water partition coefficient (Wildman–Crippen LogP) is 0.0368. The van der Waals surface area contributed by atoms with Crippen LogP contribution < -0.4 is 11.1 Å². The number of nitrogens with two attached hydrogens (primary N) is 1. The first-order valence-corrected chi connectivity index (χ1v) is 7.78. The molecule has 2 aromatic rings. The molecule has 0 aromatic carbocycles. The number of esters is 1. The third kappa shape index (κ3) is 3.56. The minimum absolute atomic E-state index is 0.0887. The molecule has 2 heterocycles. The van der Waals surface area contributed by atoms with Crippen molar-refractivity contribution in [2.75, 3.05) is 11.9 Å². The number of carbonyl (C=O) groups is 3. The van der Waals surface area contributed by atoms with Gasteiger partial charge in [-0.3, -0.25) is 9.59 Å². The highest BCUT2D eigenvalue weighted by molar-refractivity contribution is 7.18. The summed E-state index contributed by atoms with van der Waals surface area (Å²) in [4.78, 5) is 36.0. The maximum Gasteiger partial charge on any atom is 0.341 e. The van der Waals surface area contributed by atoms with E-state index in [4.69, 9.17) is 10.5 Å². The van der Waals surface area contributed by atoms with Crippen LogP contribution in [0.5, 0.6) is 0 Å². The van der Waals surface area contributed by atoms with Crippen molar-refractivity contribution < 1.29 is 19.1 Å². The number of primary amides is 1. The Labute approximate surface area is 141 Å². The topological polar surface area (TPSA) is 142 Å². The molecule has 24 heavy (non-hydrogen) atoms. The van der Waals surface area contributed by atoms with Gasteiger partial charge in [-0.15, -0.1) is 16.4 Å². The van der Waals surface area contributed by atoms with E-state index in [0.717, 1.165) is 11.3 Å². The molecule has 0 saturated carbocycles. The van der Waals surface area contributed by atoms with Crippen molar-refractivity contribution in [3.8, 4) is 0 Å². The van der Waals surface area contributed by atoms with Gasteiger partial charge in [0.05, 0.1) is 23.5 Å². The summed E-state index contributed by atoms with van der Waals surface area (Å²) >= 11 is 0.928. The van der Waals surface area contributed by atoms with Crippen molar-refractivity contribution in [2.45, 2.75) is 20.3 Å². The lowest BCUT2D eigenvalue weighted by molar-refractivity contribution is -0.115. The van der Waals surface area contributed by atoms with Gasteiger partial charge in [-0.2, -0.15) is 0 Å². The highest BCUT2D eigenvalue weighted by Gasteiger charge is 2.26.